The highest BCUT2D eigenvalue weighted by Gasteiger charge is 2.45. The maximum absolute atomic E-state index is 13.3. The van der Waals surface area contributed by atoms with E-state index in [-0.39, 0.29) is 16.7 Å². The molecule has 1 N–H and O–H groups in total. The van der Waals surface area contributed by atoms with Crippen LogP contribution in [-0.2, 0) is 21.6 Å². The average molecular weight is 513 g/mol. The maximum Gasteiger partial charge on any atom is 0.295 e. The number of amides is 1. The molecule has 0 radical (unpaired) electrons. The maximum atomic E-state index is 13.3. The summed E-state index contributed by atoms with van der Waals surface area (Å²) in [6.45, 7) is 7.80. The van der Waals surface area contributed by atoms with Gasteiger partial charge in [0.1, 0.15) is 18.1 Å². The Balaban J connectivity index is 1.67. The van der Waals surface area contributed by atoms with Gasteiger partial charge in [0.15, 0.2) is 0 Å². The summed E-state index contributed by atoms with van der Waals surface area (Å²) in [6.07, 6.45) is 0. The van der Waals surface area contributed by atoms with Gasteiger partial charge >= 0.3 is 0 Å². The summed E-state index contributed by atoms with van der Waals surface area (Å²) in [5.41, 5.74) is 3.53. The molecule has 3 aromatic carbocycles. The first-order valence-corrected chi connectivity index (χ1v) is 12.9. The van der Waals surface area contributed by atoms with Crippen molar-refractivity contribution in [3.05, 3.63) is 107 Å². The number of Topliss-reactive ketones (excluding diaryl/α,β-unsaturated/α-hetero) is 1. The Hall–Kier alpha value is -3.90. The van der Waals surface area contributed by atoms with Gasteiger partial charge < -0.3 is 19.6 Å². The SMILES string of the molecule is CN(C)CCN1C(=O)C(=O)/C(=C(/O)c2ccc(OCc3ccccc3)cc2)C1c1ccc(C(C)(C)C)cc1. The summed E-state index contributed by atoms with van der Waals surface area (Å²) in [6, 6.07) is 24.1. The van der Waals surface area contributed by atoms with Crippen molar-refractivity contribution in [1.29, 1.82) is 0 Å². The van der Waals surface area contributed by atoms with Crippen LogP contribution in [0.25, 0.3) is 5.76 Å². The van der Waals surface area contributed by atoms with Crippen LogP contribution in [0.2, 0.25) is 0 Å². The number of likely N-dealkylation sites (tertiary alicyclic amines) is 1. The lowest BCUT2D eigenvalue weighted by Gasteiger charge is -2.27. The summed E-state index contributed by atoms with van der Waals surface area (Å²) in [7, 11) is 3.84. The molecule has 1 aliphatic rings. The minimum Gasteiger partial charge on any atom is -0.507 e. The van der Waals surface area contributed by atoms with E-state index >= 15 is 0 Å². The molecule has 1 heterocycles. The summed E-state index contributed by atoms with van der Waals surface area (Å²) in [4.78, 5) is 29.9. The van der Waals surface area contributed by atoms with Gasteiger partial charge in [-0.2, -0.15) is 0 Å². The number of hydrogen-bond donors (Lipinski definition) is 1. The van der Waals surface area contributed by atoms with Gasteiger partial charge in [-0.15, -0.1) is 0 Å². The summed E-state index contributed by atoms with van der Waals surface area (Å²) in [5, 5.41) is 11.3. The third-order valence-electron chi connectivity index (χ3n) is 6.80. The molecule has 0 bridgehead atoms. The van der Waals surface area contributed by atoms with Crippen LogP contribution in [0.5, 0.6) is 5.75 Å². The zero-order valence-corrected chi connectivity index (χ0v) is 22.8. The third kappa shape index (κ3) is 5.97. The lowest BCUT2D eigenvalue weighted by atomic mass is 9.85. The molecule has 6 heteroatoms. The normalized spacial score (nSPS) is 17.3. The van der Waals surface area contributed by atoms with Crippen molar-refractivity contribution in [3.63, 3.8) is 0 Å². The van der Waals surface area contributed by atoms with Crippen LogP contribution in [-0.4, -0.2) is 53.8 Å². The van der Waals surface area contributed by atoms with Gasteiger partial charge in [0.2, 0.25) is 0 Å². The standard InChI is InChI=1S/C32H36N2O4/c1-32(2,3)25-15-11-23(12-16-25)28-27(30(36)31(37)34(28)20-19-33(4)5)29(35)24-13-17-26(18-14-24)38-21-22-9-7-6-8-10-22/h6-18,28,35H,19-21H2,1-5H3/b29-27+. The van der Waals surface area contributed by atoms with Crippen LogP contribution in [0, 0.1) is 0 Å². The van der Waals surface area contributed by atoms with E-state index in [1.54, 1.807) is 29.2 Å². The molecule has 1 saturated heterocycles. The number of benzene rings is 3. The van der Waals surface area contributed by atoms with Gasteiger partial charge in [-0.05, 0) is 60.5 Å². The minimum absolute atomic E-state index is 0.0322. The van der Waals surface area contributed by atoms with Gasteiger partial charge in [-0.3, -0.25) is 9.59 Å². The molecule has 0 aliphatic carbocycles. The van der Waals surface area contributed by atoms with Gasteiger partial charge in [0, 0.05) is 18.7 Å². The predicted octanol–water partition coefficient (Wildman–Crippen LogP) is 5.55. The molecule has 198 valence electrons. The van der Waals surface area contributed by atoms with E-state index in [0.717, 1.165) is 16.7 Å². The molecule has 1 unspecified atom stereocenters. The van der Waals surface area contributed by atoms with E-state index in [0.29, 0.717) is 31.0 Å². The predicted molar refractivity (Wildman–Crippen MR) is 150 cm³/mol. The first-order valence-electron chi connectivity index (χ1n) is 12.9. The smallest absolute Gasteiger partial charge is 0.295 e. The van der Waals surface area contributed by atoms with Crippen LogP contribution in [0.3, 0.4) is 0 Å². The number of nitrogens with zero attached hydrogens (tertiary/aromatic N) is 2. The molecular formula is C32H36N2O4. The lowest BCUT2D eigenvalue weighted by molar-refractivity contribution is -0.140. The highest BCUT2D eigenvalue weighted by atomic mass is 16.5. The van der Waals surface area contributed by atoms with Crippen molar-refractivity contribution in [2.24, 2.45) is 0 Å². The molecule has 4 rings (SSSR count). The Morgan fingerprint density at radius 1 is 0.921 bits per heavy atom. The fourth-order valence-corrected chi connectivity index (χ4v) is 4.54. The number of ketones is 1. The van der Waals surface area contributed by atoms with Crippen molar-refractivity contribution >= 4 is 17.4 Å². The molecular weight excluding hydrogens is 476 g/mol. The first-order chi connectivity index (χ1) is 18.1. The zero-order valence-electron chi connectivity index (χ0n) is 22.8. The van der Waals surface area contributed by atoms with E-state index < -0.39 is 17.7 Å². The Labute approximate surface area is 225 Å². The molecule has 1 atom stereocenters. The average Bonchev–Trinajstić information content (AvgIpc) is 3.15. The number of aliphatic hydroxyl groups excluding tert-OH is 1. The second-order valence-corrected chi connectivity index (χ2v) is 11.0. The van der Waals surface area contributed by atoms with Crippen LogP contribution in [0.4, 0.5) is 0 Å². The Morgan fingerprint density at radius 3 is 2.13 bits per heavy atom. The van der Waals surface area contributed by atoms with Crippen LogP contribution >= 0.6 is 0 Å². The Bertz CT molecular complexity index is 1300. The van der Waals surface area contributed by atoms with Crippen molar-refractivity contribution in [2.45, 2.75) is 38.8 Å². The van der Waals surface area contributed by atoms with Gasteiger partial charge in [0.05, 0.1) is 11.6 Å². The van der Waals surface area contributed by atoms with Gasteiger partial charge in [-0.25, -0.2) is 0 Å². The second-order valence-electron chi connectivity index (χ2n) is 11.0. The molecule has 0 saturated carbocycles. The summed E-state index contributed by atoms with van der Waals surface area (Å²) < 4.78 is 5.86. The number of ether oxygens (including phenoxy) is 1. The molecule has 0 aromatic heterocycles. The quantitative estimate of drug-likeness (QED) is 0.244. The van der Waals surface area contributed by atoms with Crippen molar-refractivity contribution in [3.8, 4) is 5.75 Å². The van der Waals surface area contributed by atoms with Crippen LogP contribution in [0.15, 0.2) is 84.4 Å². The molecule has 1 fully saturated rings. The van der Waals surface area contributed by atoms with Gasteiger partial charge in [-0.1, -0.05) is 75.4 Å². The fraction of sp³-hybridized carbons (Fsp3) is 0.312. The van der Waals surface area contributed by atoms with E-state index in [4.69, 9.17) is 4.74 Å². The number of carbonyl (C=O) groups is 2. The number of carbonyl (C=O) groups excluding carboxylic acids is 2. The van der Waals surface area contributed by atoms with Gasteiger partial charge in [0.25, 0.3) is 11.7 Å². The molecule has 38 heavy (non-hydrogen) atoms. The van der Waals surface area contributed by atoms with Crippen molar-refractivity contribution < 1.29 is 19.4 Å². The third-order valence-corrected chi connectivity index (χ3v) is 6.80. The molecule has 6 nitrogen and oxygen atoms in total. The number of likely N-dealkylation sites (N-methyl/N-ethyl adjacent to an activating group) is 1. The number of hydrogen-bond acceptors (Lipinski definition) is 5. The van der Waals surface area contributed by atoms with Crippen LogP contribution in [0.1, 0.15) is 49.1 Å². The number of rotatable bonds is 8. The Kier molecular flexibility index (Phi) is 8.02. The van der Waals surface area contributed by atoms with E-state index in [2.05, 4.69) is 20.8 Å². The topological polar surface area (TPSA) is 70.1 Å². The van der Waals surface area contributed by atoms with E-state index in [9.17, 15) is 14.7 Å². The first kappa shape index (κ1) is 27.1. The number of aliphatic hydroxyl groups is 1. The molecule has 1 aliphatic heterocycles. The zero-order chi connectivity index (χ0) is 27.4. The van der Waals surface area contributed by atoms with E-state index in [1.165, 1.54) is 0 Å². The summed E-state index contributed by atoms with van der Waals surface area (Å²) >= 11 is 0. The monoisotopic (exact) mass is 512 g/mol. The summed E-state index contributed by atoms with van der Waals surface area (Å²) in [5.74, 6) is -0.807. The van der Waals surface area contributed by atoms with Crippen LogP contribution < -0.4 is 4.74 Å². The molecule has 1 amide bonds. The Morgan fingerprint density at radius 2 is 1.55 bits per heavy atom. The highest BCUT2D eigenvalue weighted by Crippen LogP contribution is 2.40. The molecule has 0 spiro atoms. The van der Waals surface area contributed by atoms with Crippen molar-refractivity contribution in [2.75, 3.05) is 27.2 Å². The second kappa shape index (κ2) is 11.2. The lowest BCUT2D eigenvalue weighted by Crippen LogP contribution is -2.35. The highest BCUT2D eigenvalue weighted by molar-refractivity contribution is 6.46. The van der Waals surface area contributed by atoms with Crippen molar-refractivity contribution in [1.82, 2.24) is 9.80 Å². The van der Waals surface area contributed by atoms with E-state index in [1.807, 2.05) is 73.6 Å². The fourth-order valence-electron chi connectivity index (χ4n) is 4.54. The minimum atomic E-state index is -0.671. The largest absolute Gasteiger partial charge is 0.507 e. The molecule has 3 aromatic rings.